The highest BCUT2D eigenvalue weighted by Crippen LogP contribution is 2.19. The third-order valence-electron chi connectivity index (χ3n) is 5.91. The number of halogens is 1. The maximum absolute atomic E-state index is 13.1. The van der Waals surface area contributed by atoms with Crippen LogP contribution in [-0.4, -0.2) is 35.4 Å². The smallest absolute Gasteiger partial charge is 0.242 e. The van der Waals surface area contributed by atoms with Gasteiger partial charge in [-0.15, -0.1) is 0 Å². The lowest BCUT2D eigenvalue weighted by molar-refractivity contribution is -0.141. The van der Waals surface area contributed by atoms with Gasteiger partial charge in [-0.25, -0.2) is 0 Å². The van der Waals surface area contributed by atoms with E-state index in [9.17, 15) is 9.59 Å². The number of hydrogen-bond donors (Lipinski definition) is 1. The molecule has 0 spiro atoms. The molecular formula is C26H33ClN2O3. The normalized spacial score (nSPS) is 15.1. The number of para-hydroxylation sites is 1. The Bertz CT molecular complexity index is 868. The van der Waals surface area contributed by atoms with Crippen molar-refractivity contribution in [3.8, 4) is 5.75 Å². The second-order valence-corrected chi connectivity index (χ2v) is 8.87. The van der Waals surface area contributed by atoms with Crippen LogP contribution in [0.15, 0.2) is 54.6 Å². The van der Waals surface area contributed by atoms with E-state index in [-0.39, 0.29) is 17.9 Å². The Morgan fingerprint density at radius 3 is 2.56 bits per heavy atom. The Balaban J connectivity index is 1.60. The fourth-order valence-corrected chi connectivity index (χ4v) is 4.27. The van der Waals surface area contributed by atoms with Crippen LogP contribution >= 0.6 is 11.6 Å². The van der Waals surface area contributed by atoms with E-state index in [1.54, 1.807) is 17.9 Å². The van der Waals surface area contributed by atoms with Gasteiger partial charge >= 0.3 is 0 Å². The standard InChI is InChI=1S/C26H33ClN2O3/c1-20(26(31)28-23-12-4-2-5-13-23)29(19-21-10-8-11-22(27)18-21)25(30)16-9-17-32-24-14-6-3-7-15-24/h3,6-8,10-11,14-15,18,20,23H,2,4-5,9,12-13,16-17,19H2,1H3,(H,28,31)/t20-/m0/s1. The summed E-state index contributed by atoms with van der Waals surface area (Å²) >= 11 is 6.14. The molecule has 0 heterocycles. The summed E-state index contributed by atoms with van der Waals surface area (Å²) in [6, 6.07) is 16.6. The van der Waals surface area contributed by atoms with Crippen molar-refractivity contribution in [2.24, 2.45) is 0 Å². The quantitative estimate of drug-likeness (QED) is 0.489. The summed E-state index contributed by atoms with van der Waals surface area (Å²) in [5.41, 5.74) is 0.906. The predicted octanol–water partition coefficient (Wildman–Crippen LogP) is 5.37. The first-order valence-corrected chi connectivity index (χ1v) is 11.9. The average molecular weight is 457 g/mol. The molecule has 1 N–H and O–H groups in total. The third-order valence-corrected chi connectivity index (χ3v) is 6.14. The first kappa shape index (κ1) is 24.1. The van der Waals surface area contributed by atoms with Gasteiger partial charge in [0.2, 0.25) is 11.8 Å². The molecule has 1 fully saturated rings. The Morgan fingerprint density at radius 2 is 1.84 bits per heavy atom. The molecule has 6 heteroatoms. The van der Waals surface area contributed by atoms with Crippen LogP contribution in [0, 0.1) is 0 Å². The molecule has 2 aromatic carbocycles. The number of carbonyl (C=O) groups is 2. The SMILES string of the molecule is C[C@@H](C(=O)NC1CCCCC1)N(Cc1cccc(Cl)c1)C(=O)CCCOc1ccccc1. The Morgan fingerprint density at radius 1 is 1.09 bits per heavy atom. The second-order valence-electron chi connectivity index (χ2n) is 8.44. The minimum Gasteiger partial charge on any atom is -0.494 e. The molecule has 1 saturated carbocycles. The van der Waals surface area contributed by atoms with Crippen LogP contribution in [0.1, 0.15) is 57.4 Å². The zero-order valence-corrected chi connectivity index (χ0v) is 19.5. The van der Waals surface area contributed by atoms with Gasteiger partial charge in [-0.05, 0) is 56.0 Å². The van der Waals surface area contributed by atoms with Gasteiger partial charge in [0, 0.05) is 24.0 Å². The highest BCUT2D eigenvalue weighted by atomic mass is 35.5. The molecule has 32 heavy (non-hydrogen) atoms. The summed E-state index contributed by atoms with van der Waals surface area (Å²) in [6.07, 6.45) is 6.43. The Kier molecular flexibility index (Phi) is 9.42. The number of ether oxygens (including phenoxy) is 1. The molecular weight excluding hydrogens is 424 g/mol. The Labute approximate surface area is 196 Å². The summed E-state index contributed by atoms with van der Waals surface area (Å²) in [5.74, 6) is 0.636. The third kappa shape index (κ3) is 7.56. The zero-order chi connectivity index (χ0) is 22.8. The topological polar surface area (TPSA) is 58.6 Å². The number of hydrogen-bond acceptors (Lipinski definition) is 3. The molecule has 1 atom stereocenters. The number of amides is 2. The van der Waals surface area contributed by atoms with Crippen molar-refractivity contribution in [2.75, 3.05) is 6.61 Å². The molecule has 0 radical (unpaired) electrons. The molecule has 0 unspecified atom stereocenters. The van der Waals surface area contributed by atoms with Gasteiger partial charge in [-0.1, -0.05) is 61.2 Å². The van der Waals surface area contributed by atoms with Gasteiger partial charge in [0.05, 0.1) is 6.61 Å². The van der Waals surface area contributed by atoms with Gasteiger partial charge in [0.15, 0.2) is 0 Å². The van der Waals surface area contributed by atoms with E-state index in [2.05, 4.69) is 5.32 Å². The summed E-state index contributed by atoms with van der Waals surface area (Å²) in [5, 5.41) is 3.77. The first-order chi connectivity index (χ1) is 15.5. The molecule has 2 amide bonds. The van der Waals surface area contributed by atoms with Crippen molar-refractivity contribution in [1.82, 2.24) is 10.2 Å². The van der Waals surface area contributed by atoms with Crippen molar-refractivity contribution in [1.29, 1.82) is 0 Å². The minimum atomic E-state index is -0.557. The van der Waals surface area contributed by atoms with Gasteiger partial charge in [-0.2, -0.15) is 0 Å². The van der Waals surface area contributed by atoms with Crippen molar-refractivity contribution in [3.05, 3.63) is 65.2 Å². The van der Waals surface area contributed by atoms with E-state index in [0.29, 0.717) is 31.0 Å². The van der Waals surface area contributed by atoms with Crippen LogP contribution in [-0.2, 0) is 16.1 Å². The molecule has 3 rings (SSSR count). The Hall–Kier alpha value is -2.53. The maximum atomic E-state index is 13.1. The van der Waals surface area contributed by atoms with E-state index in [1.165, 1.54) is 6.42 Å². The number of rotatable bonds is 10. The lowest BCUT2D eigenvalue weighted by atomic mass is 9.95. The van der Waals surface area contributed by atoms with Gasteiger partial charge < -0.3 is 15.0 Å². The minimum absolute atomic E-state index is 0.0621. The zero-order valence-electron chi connectivity index (χ0n) is 18.8. The van der Waals surface area contributed by atoms with Gasteiger partial charge in [0.1, 0.15) is 11.8 Å². The maximum Gasteiger partial charge on any atom is 0.242 e. The van der Waals surface area contributed by atoms with E-state index >= 15 is 0 Å². The molecule has 2 aromatic rings. The lowest BCUT2D eigenvalue weighted by Crippen LogP contribution is -2.50. The number of benzene rings is 2. The van der Waals surface area contributed by atoms with Crippen LogP contribution in [0.4, 0.5) is 0 Å². The number of nitrogens with one attached hydrogen (secondary N) is 1. The number of carbonyl (C=O) groups excluding carboxylic acids is 2. The molecule has 0 aromatic heterocycles. The summed E-state index contributed by atoms with van der Waals surface area (Å²) in [7, 11) is 0. The second kappa shape index (κ2) is 12.5. The monoisotopic (exact) mass is 456 g/mol. The first-order valence-electron chi connectivity index (χ1n) is 11.5. The lowest BCUT2D eigenvalue weighted by Gasteiger charge is -2.31. The van der Waals surface area contributed by atoms with E-state index in [4.69, 9.17) is 16.3 Å². The van der Waals surface area contributed by atoms with E-state index < -0.39 is 6.04 Å². The summed E-state index contributed by atoms with van der Waals surface area (Å²) in [6.45, 7) is 2.60. The largest absolute Gasteiger partial charge is 0.494 e. The predicted molar refractivity (Wildman–Crippen MR) is 128 cm³/mol. The molecule has 0 aliphatic heterocycles. The van der Waals surface area contributed by atoms with Crippen molar-refractivity contribution in [3.63, 3.8) is 0 Å². The van der Waals surface area contributed by atoms with E-state index in [1.807, 2.05) is 48.5 Å². The summed E-state index contributed by atoms with van der Waals surface area (Å²) < 4.78 is 5.71. The van der Waals surface area contributed by atoms with Crippen molar-refractivity contribution < 1.29 is 14.3 Å². The van der Waals surface area contributed by atoms with Crippen LogP contribution in [0.2, 0.25) is 5.02 Å². The molecule has 172 valence electrons. The number of nitrogens with zero attached hydrogens (tertiary/aromatic N) is 1. The molecule has 1 aliphatic rings. The van der Waals surface area contributed by atoms with Crippen LogP contribution in [0.25, 0.3) is 0 Å². The van der Waals surface area contributed by atoms with Crippen LogP contribution in [0.3, 0.4) is 0 Å². The molecule has 0 saturated heterocycles. The highest BCUT2D eigenvalue weighted by molar-refractivity contribution is 6.30. The summed E-state index contributed by atoms with van der Waals surface area (Å²) in [4.78, 5) is 27.8. The fourth-order valence-electron chi connectivity index (χ4n) is 4.06. The van der Waals surface area contributed by atoms with Gasteiger partial charge in [-0.3, -0.25) is 9.59 Å². The van der Waals surface area contributed by atoms with Crippen molar-refractivity contribution >= 4 is 23.4 Å². The van der Waals surface area contributed by atoms with Gasteiger partial charge in [0.25, 0.3) is 0 Å². The van der Waals surface area contributed by atoms with E-state index in [0.717, 1.165) is 37.0 Å². The van der Waals surface area contributed by atoms with Crippen LogP contribution in [0.5, 0.6) is 5.75 Å². The molecule has 1 aliphatic carbocycles. The van der Waals surface area contributed by atoms with Crippen LogP contribution < -0.4 is 10.1 Å². The fraction of sp³-hybridized carbons (Fsp3) is 0.462. The van der Waals surface area contributed by atoms with Crippen molar-refractivity contribution in [2.45, 2.75) is 70.5 Å². The average Bonchev–Trinajstić information content (AvgIpc) is 2.81. The highest BCUT2D eigenvalue weighted by Gasteiger charge is 2.27. The molecule has 5 nitrogen and oxygen atoms in total. The molecule has 0 bridgehead atoms.